The van der Waals surface area contributed by atoms with Crippen molar-refractivity contribution in [3.63, 3.8) is 0 Å². The Morgan fingerprint density at radius 1 is 1.09 bits per heavy atom. The number of para-hydroxylation sites is 1. The molecular weight excluding hydrogens is 617 g/mol. The largest absolute Gasteiger partial charge is 0.497 e. The fourth-order valence-corrected chi connectivity index (χ4v) is 6.18. The number of carbonyl (C=O) groups is 2. The molecule has 15 heteroatoms. The summed E-state index contributed by atoms with van der Waals surface area (Å²) in [6.45, 7) is 3.02. The number of aromatic amines is 1. The van der Waals surface area contributed by atoms with Gasteiger partial charge in [-0.3, -0.25) is 4.79 Å². The van der Waals surface area contributed by atoms with E-state index in [0.29, 0.717) is 12.3 Å². The van der Waals surface area contributed by atoms with Crippen LogP contribution in [0.25, 0.3) is 10.9 Å². The number of aliphatic hydroxyl groups is 1. The Kier molecular flexibility index (Phi) is 12.0. The number of aromatic nitrogens is 1. The van der Waals surface area contributed by atoms with Gasteiger partial charge in [0.25, 0.3) is 0 Å². The molecule has 2 atom stereocenters. The summed E-state index contributed by atoms with van der Waals surface area (Å²) in [5, 5.41) is 11.0. The third-order valence-corrected chi connectivity index (χ3v) is 8.59. The quantitative estimate of drug-likeness (QED) is 0.103. The summed E-state index contributed by atoms with van der Waals surface area (Å²) in [7, 11) is -3.21. The lowest BCUT2D eigenvalue weighted by molar-refractivity contribution is -0.219. The first-order chi connectivity index (χ1) is 21.1. The first kappa shape index (κ1) is 35.8. The average Bonchev–Trinajstić information content (AvgIpc) is 3.39. The average molecular weight is 657 g/mol. The summed E-state index contributed by atoms with van der Waals surface area (Å²) < 4.78 is 77.1. The van der Waals surface area contributed by atoms with Gasteiger partial charge in [-0.25, -0.2) is 13.2 Å². The maximum atomic E-state index is 13.4. The van der Waals surface area contributed by atoms with Gasteiger partial charge in [0.2, 0.25) is 15.9 Å². The van der Waals surface area contributed by atoms with Crippen molar-refractivity contribution < 1.29 is 45.8 Å². The van der Waals surface area contributed by atoms with Gasteiger partial charge in [-0.05, 0) is 61.1 Å². The van der Waals surface area contributed by atoms with E-state index in [1.165, 1.54) is 19.2 Å². The van der Waals surface area contributed by atoms with Crippen LogP contribution in [0.4, 0.5) is 13.2 Å². The molecule has 1 unspecified atom stereocenters. The van der Waals surface area contributed by atoms with Crippen molar-refractivity contribution in [3.8, 4) is 5.75 Å². The van der Waals surface area contributed by atoms with Crippen molar-refractivity contribution in [2.24, 2.45) is 11.7 Å². The zero-order valence-electron chi connectivity index (χ0n) is 25.3. The number of ether oxygens (including phenoxy) is 2. The Morgan fingerprint density at radius 3 is 2.36 bits per heavy atom. The van der Waals surface area contributed by atoms with Crippen LogP contribution < -0.4 is 15.2 Å². The molecule has 5 N–H and O–H groups in total. The number of H-pyrrole nitrogens is 1. The number of carbonyl (C=O) groups excluding carboxylic acids is 2. The molecule has 0 fully saturated rings. The van der Waals surface area contributed by atoms with Crippen LogP contribution in [0.2, 0.25) is 0 Å². The molecule has 1 heterocycles. The highest BCUT2D eigenvalue weighted by Crippen LogP contribution is 2.27. The molecule has 11 nitrogen and oxygen atoms in total. The molecule has 0 saturated carbocycles. The minimum Gasteiger partial charge on any atom is -0.497 e. The monoisotopic (exact) mass is 656 g/mol. The molecule has 45 heavy (non-hydrogen) atoms. The highest BCUT2D eigenvalue weighted by atomic mass is 32.2. The van der Waals surface area contributed by atoms with E-state index in [0.717, 1.165) is 28.6 Å². The van der Waals surface area contributed by atoms with Crippen LogP contribution >= 0.6 is 0 Å². The van der Waals surface area contributed by atoms with E-state index in [9.17, 15) is 36.3 Å². The van der Waals surface area contributed by atoms with Gasteiger partial charge in [-0.1, -0.05) is 32.0 Å². The number of nitrogens with two attached hydrogens (primary N) is 1. The number of nitrogens with one attached hydrogen (secondary N) is 2. The topological polar surface area (TPSA) is 164 Å². The summed E-state index contributed by atoms with van der Waals surface area (Å²) in [4.78, 5) is 29.5. The van der Waals surface area contributed by atoms with Crippen molar-refractivity contribution in [1.82, 2.24) is 14.6 Å². The van der Waals surface area contributed by atoms with Crippen molar-refractivity contribution in [1.29, 1.82) is 0 Å². The lowest BCUT2D eigenvalue weighted by atomic mass is 10.0. The number of benzene rings is 2. The summed E-state index contributed by atoms with van der Waals surface area (Å²) in [6, 6.07) is 11.7. The molecule has 3 rings (SSSR count). The molecule has 0 aliphatic heterocycles. The van der Waals surface area contributed by atoms with Crippen molar-refractivity contribution in [3.05, 3.63) is 60.3 Å². The SMILES string of the molecule is COc1ccc(S(=O)(=O)NC(CO)(CCCCN(CC(C)C)C(=O)[C@@H](N)Cc2c[nH]c3ccccc23)OC(=O)C(F)(F)F)cc1. The first-order valence-corrected chi connectivity index (χ1v) is 15.8. The van der Waals surface area contributed by atoms with Crippen LogP contribution in [0.1, 0.15) is 38.7 Å². The standard InChI is InChI=1S/C30H39F3N4O7S/c1-20(2)18-37(27(39)25(34)16-21-17-35-26-9-5-4-8-24(21)26)15-7-6-14-29(19-38,44-28(40)30(31,32)33)36-45(41,42)23-12-10-22(43-3)11-13-23/h4-5,8-13,17,20,25,35-36,38H,6-7,14-16,18-19,34H2,1-3H3/t25-,29?/m0/s1. The molecule has 0 saturated heterocycles. The number of fused-ring (bicyclic) bond motifs is 1. The van der Waals surface area contributed by atoms with Crippen LogP contribution in [-0.2, 0) is 30.8 Å². The number of esters is 1. The van der Waals surface area contributed by atoms with Crippen LogP contribution in [0, 0.1) is 5.92 Å². The lowest BCUT2D eigenvalue weighted by Crippen LogP contribution is -2.56. The van der Waals surface area contributed by atoms with Gasteiger partial charge >= 0.3 is 12.1 Å². The number of nitrogens with zero attached hydrogens (tertiary/aromatic N) is 1. The van der Waals surface area contributed by atoms with Gasteiger partial charge in [0.15, 0.2) is 5.72 Å². The maximum Gasteiger partial charge on any atom is 0.490 e. The molecular formula is C30H39F3N4O7S. The van der Waals surface area contributed by atoms with E-state index in [2.05, 4.69) is 9.72 Å². The first-order valence-electron chi connectivity index (χ1n) is 14.3. The second-order valence-corrected chi connectivity index (χ2v) is 12.8. The van der Waals surface area contributed by atoms with Gasteiger partial charge in [0, 0.05) is 36.6 Å². The summed E-state index contributed by atoms with van der Waals surface area (Å²) in [5.74, 6) is -2.61. The maximum absolute atomic E-state index is 13.4. The summed E-state index contributed by atoms with van der Waals surface area (Å²) in [6.07, 6.45) is -3.76. The molecule has 0 spiro atoms. The Hall–Kier alpha value is -3.66. The van der Waals surface area contributed by atoms with Crippen molar-refractivity contribution in [2.45, 2.75) is 62.4 Å². The molecule has 248 valence electrons. The molecule has 1 aromatic heterocycles. The minimum atomic E-state index is -5.45. The number of alkyl halides is 3. The minimum absolute atomic E-state index is 0.0314. The number of amides is 1. The number of sulfonamides is 1. The number of unbranched alkanes of at least 4 members (excludes halogenated alkanes) is 1. The Bertz CT molecular complexity index is 1540. The fraction of sp³-hybridized carbons (Fsp3) is 0.467. The van der Waals surface area contributed by atoms with Crippen LogP contribution in [0.15, 0.2) is 59.6 Å². The van der Waals surface area contributed by atoms with Gasteiger partial charge in [0.05, 0.1) is 24.7 Å². The number of rotatable bonds is 16. The van der Waals surface area contributed by atoms with E-state index < -0.39 is 47.0 Å². The molecule has 3 aromatic rings. The predicted molar refractivity (Wildman–Crippen MR) is 161 cm³/mol. The summed E-state index contributed by atoms with van der Waals surface area (Å²) in [5.41, 5.74) is 5.47. The zero-order valence-corrected chi connectivity index (χ0v) is 26.1. The van der Waals surface area contributed by atoms with Crippen molar-refractivity contribution in [2.75, 3.05) is 26.8 Å². The van der Waals surface area contributed by atoms with E-state index >= 15 is 0 Å². The van der Waals surface area contributed by atoms with E-state index in [1.807, 2.05) is 42.8 Å². The Morgan fingerprint density at radius 2 is 1.76 bits per heavy atom. The summed E-state index contributed by atoms with van der Waals surface area (Å²) >= 11 is 0. The highest BCUT2D eigenvalue weighted by Gasteiger charge is 2.48. The van der Waals surface area contributed by atoms with E-state index in [-0.39, 0.29) is 42.5 Å². The van der Waals surface area contributed by atoms with E-state index in [1.54, 1.807) is 11.1 Å². The van der Waals surface area contributed by atoms with Crippen LogP contribution in [0.5, 0.6) is 5.75 Å². The molecule has 0 radical (unpaired) electrons. The number of methoxy groups -OCH3 is 1. The number of aliphatic hydroxyl groups excluding tert-OH is 1. The molecule has 0 aliphatic carbocycles. The van der Waals surface area contributed by atoms with Crippen molar-refractivity contribution >= 4 is 32.8 Å². The van der Waals surface area contributed by atoms with Gasteiger partial charge in [-0.15, -0.1) is 0 Å². The second-order valence-electron chi connectivity index (χ2n) is 11.1. The second kappa shape index (κ2) is 15.1. The normalized spacial score (nSPS) is 14.2. The lowest BCUT2D eigenvalue weighted by Gasteiger charge is -2.33. The van der Waals surface area contributed by atoms with Gasteiger partial charge in [0.1, 0.15) is 5.75 Å². The van der Waals surface area contributed by atoms with Gasteiger partial charge < -0.3 is 30.2 Å². The fourth-order valence-electron chi connectivity index (χ4n) is 4.87. The molecule has 1 amide bonds. The molecule has 2 aromatic carbocycles. The smallest absolute Gasteiger partial charge is 0.490 e. The highest BCUT2D eigenvalue weighted by molar-refractivity contribution is 7.89. The number of hydrogen-bond acceptors (Lipinski definition) is 8. The Balaban J connectivity index is 1.73. The van der Waals surface area contributed by atoms with E-state index in [4.69, 9.17) is 10.5 Å². The Labute approximate surface area is 259 Å². The predicted octanol–water partition coefficient (Wildman–Crippen LogP) is 3.47. The third kappa shape index (κ3) is 9.66. The van der Waals surface area contributed by atoms with Gasteiger partial charge in [-0.2, -0.15) is 17.9 Å². The zero-order chi connectivity index (χ0) is 33.4. The number of halogens is 3. The number of hydrogen-bond donors (Lipinski definition) is 4. The van der Waals surface area contributed by atoms with Crippen LogP contribution in [0.3, 0.4) is 0 Å². The van der Waals surface area contributed by atoms with Crippen LogP contribution in [-0.4, -0.2) is 80.0 Å². The third-order valence-electron chi connectivity index (χ3n) is 7.05. The molecule has 0 bridgehead atoms. The molecule has 0 aliphatic rings.